The van der Waals surface area contributed by atoms with E-state index in [2.05, 4.69) is 10.4 Å². The fraction of sp³-hybridized carbons (Fsp3) is 0.250. The fourth-order valence-corrected chi connectivity index (χ4v) is 3.77. The normalized spacial score (nSPS) is 14.5. The number of amides is 1. The molecule has 1 aliphatic carbocycles. The van der Waals surface area contributed by atoms with Crippen LogP contribution in [0, 0.1) is 6.92 Å². The number of nitrogens with one attached hydrogen (secondary N) is 1. The first kappa shape index (κ1) is 19.2. The molecule has 1 N–H and O–H groups in total. The van der Waals surface area contributed by atoms with Crippen molar-refractivity contribution in [3.05, 3.63) is 82.4 Å². The van der Waals surface area contributed by atoms with E-state index in [1.54, 1.807) is 13.0 Å². The van der Waals surface area contributed by atoms with E-state index >= 15 is 0 Å². The lowest BCUT2D eigenvalue weighted by Gasteiger charge is -2.15. The number of imidazole rings is 1. The maximum absolute atomic E-state index is 13.2. The Morgan fingerprint density at radius 1 is 1.10 bits per heavy atom. The van der Waals surface area contributed by atoms with Gasteiger partial charge < -0.3 is 5.32 Å². The lowest BCUT2D eigenvalue weighted by molar-refractivity contribution is -0.119. The molecule has 0 radical (unpaired) electrons. The number of fused-ring (bicyclic) bond motifs is 1. The Balaban J connectivity index is 1.54. The first-order valence-corrected chi connectivity index (χ1v) is 10.5. The van der Waals surface area contributed by atoms with Crippen LogP contribution in [-0.2, 0) is 4.79 Å². The molecule has 0 spiro atoms. The first-order valence-electron chi connectivity index (χ1n) is 10.5. The third kappa shape index (κ3) is 3.52. The van der Waals surface area contributed by atoms with Gasteiger partial charge in [0, 0.05) is 23.7 Å². The zero-order chi connectivity index (χ0) is 21.5. The zero-order valence-electron chi connectivity index (χ0n) is 17.4. The number of carbonyl (C=O) groups is 1. The summed E-state index contributed by atoms with van der Waals surface area (Å²) >= 11 is 0. The maximum Gasteiger partial charge on any atom is 0.267 e. The molecule has 4 aromatic rings. The molecule has 5 rings (SSSR count). The van der Waals surface area contributed by atoms with Gasteiger partial charge in [-0.1, -0.05) is 36.4 Å². The van der Waals surface area contributed by atoms with Crippen LogP contribution in [0.2, 0.25) is 0 Å². The van der Waals surface area contributed by atoms with Crippen LogP contribution in [0.5, 0.6) is 0 Å². The van der Waals surface area contributed by atoms with Crippen LogP contribution in [0.15, 0.2) is 65.6 Å². The van der Waals surface area contributed by atoms with Gasteiger partial charge in [0.05, 0.1) is 5.69 Å². The molecule has 1 saturated carbocycles. The van der Waals surface area contributed by atoms with Gasteiger partial charge in [-0.05, 0) is 44.4 Å². The van der Waals surface area contributed by atoms with Gasteiger partial charge in [0.25, 0.3) is 5.56 Å². The SMILES string of the molecule is Cc1cccn2c(NC(=O)C(C)n3nc(C4CC4)ccc3=O)c(-c3ccccc3)nc12. The number of anilines is 1. The van der Waals surface area contributed by atoms with Gasteiger partial charge in [-0.3, -0.25) is 14.0 Å². The second-order valence-electron chi connectivity index (χ2n) is 8.04. The molecule has 1 aliphatic rings. The van der Waals surface area contributed by atoms with Gasteiger partial charge in [0.1, 0.15) is 23.2 Å². The van der Waals surface area contributed by atoms with Gasteiger partial charge in [-0.15, -0.1) is 0 Å². The summed E-state index contributed by atoms with van der Waals surface area (Å²) in [6, 6.07) is 16.1. The highest BCUT2D eigenvalue weighted by Crippen LogP contribution is 2.38. The molecular formula is C24H23N5O2. The van der Waals surface area contributed by atoms with Crippen LogP contribution in [0.25, 0.3) is 16.9 Å². The summed E-state index contributed by atoms with van der Waals surface area (Å²) in [5.74, 6) is 0.657. The van der Waals surface area contributed by atoms with Crippen LogP contribution >= 0.6 is 0 Å². The number of carbonyl (C=O) groups excluding carboxylic acids is 1. The molecule has 1 amide bonds. The molecule has 7 nitrogen and oxygen atoms in total. The average Bonchev–Trinajstić information content (AvgIpc) is 3.57. The van der Waals surface area contributed by atoms with Crippen molar-refractivity contribution in [2.45, 2.75) is 38.6 Å². The van der Waals surface area contributed by atoms with E-state index < -0.39 is 6.04 Å². The summed E-state index contributed by atoms with van der Waals surface area (Å²) in [5.41, 5.74) is 3.94. The Labute approximate surface area is 179 Å². The molecule has 1 aromatic carbocycles. The minimum atomic E-state index is -0.759. The Kier molecular flexibility index (Phi) is 4.66. The topological polar surface area (TPSA) is 81.3 Å². The van der Waals surface area contributed by atoms with Crippen LogP contribution < -0.4 is 10.9 Å². The van der Waals surface area contributed by atoms with Crippen molar-refractivity contribution in [2.24, 2.45) is 0 Å². The van der Waals surface area contributed by atoms with E-state index in [1.807, 2.05) is 60.0 Å². The predicted octanol–water partition coefficient (Wildman–Crippen LogP) is 3.94. The molecule has 7 heteroatoms. The first-order chi connectivity index (χ1) is 15.0. The van der Waals surface area contributed by atoms with E-state index in [0.29, 0.717) is 17.4 Å². The molecule has 1 fully saturated rings. The monoisotopic (exact) mass is 413 g/mol. The third-order valence-electron chi connectivity index (χ3n) is 5.72. The molecule has 156 valence electrons. The second kappa shape index (κ2) is 7.50. The van der Waals surface area contributed by atoms with Crippen LogP contribution in [0.1, 0.15) is 43.0 Å². The molecule has 0 aliphatic heterocycles. The summed E-state index contributed by atoms with van der Waals surface area (Å²) in [7, 11) is 0. The zero-order valence-corrected chi connectivity index (χ0v) is 17.4. The molecule has 3 aromatic heterocycles. The molecule has 1 atom stereocenters. The standard InChI is InChI=1S/C24H23N5O2/c1-15-7-6-14-28-22(15)25-21(18-8-4-3-5-9-18)23(28)26-24(31)16(2)29-20(30)13-12-19(27-29)17-10-11-17/h3-9,12-14,16-17H,10-11H2,1-2H3,(H,26,31). The van der Waals surface area contributed by atoms with Crippen LogP contribution in [0.4, 0.5) is 5.82 Å². The van der Waals surface area contributed by atoms with E-state index in [1.165, 1.54) is 10.7 Å². The molecular weight excluding hydrogens is 390 g/mol. The molecule has 0 saturated heterocycles. The van der Waals surface area contributed by atoms with Crippen molar-refractivity contribution in [3.8, 4) is 11.3 Å². The quantitative estimate of drug-likeness (QED) is 0.537. The maximum atomic E-state index is 13.2. The predicted molar refractivity (Wildman–Crippen MR) is 119 cm³/mol. The number of aryl methyl sites for hydroxylation is 1. The molecule has 1 unspecified atom stereocenters. The Morgan fingerprint density at radius 3 is 2.61 bits per heavy atom. The summed E-state index contributed by atoms with van der Waals surface area (Å²) in [5, 5.41) is 7.47. The summed E-state index contributed by atoms with van der Waals surface area (Å²) in [6.45, 7) is 3.68. The minimum absolute atomic E-state index is 0.288. The highest BCUT2D eigenvalue weighted by molar-refractivity contribution is 5.96. The molecule has 31 heavy (non-hydrogen) atoms. The molecule has 3 heterocycles. The number of rotatable bonds is 5. The minimum Gasteiger partial charge on any atom is -0.308 e. The fourth-order valence-electron chi connectivity index (χ4n) is 3.77. The van der Waals surface area contributed by atoms with Crippen molar-refractivity contribution in [1.29, 1.82) is 0 Å². The van der Waals surface area contributed by atoms with Gasteiger partial charge in [-0.2, -0.15) is 5.10 Å². The second-order valence-corrected chi connectivity index (χ2v) is 8.04. The number of hydrogen-bond donors (Lipinski definition) is 1. The van der Waals surface area contributed by atoms with Crippen molar-refractivity contribution in [3.63, 3.8) is 0 Å². The van der Waals surface area contributed by atoms with Gasteiger partial charge in [-0.25, -0.2) is 9.67 Å². The largest absolute Gasteiger partial charge is 0.308 e. The smallest absolute Gasteiger partial charge is 0.267 e. The van der Waals surface area contributed by atoms with E-state index in [4.69, 9.17) is 4.98 Å². The van der Waals surface area contributed by atoms with E-state index in [9.17, 15) is 9.59 Å². The summed E-state index contributed by atoms with van der Waals surface area (Å²) in [6.07, 6.45) is 4.03. The van der Waals surface area contributed by atoms with Crippen molar-refractivity contribution >= 4 is 17.4 Å². The highest BCUT2D eigenvalue weighted by Gasteiger charge is 2.27. The van der Waals surface area contributed by atoms with Crippen molar-refractivity contribution in [1.82, 2.24) is 19.2 Å². The Hall–Kier alpha value is -3.74. The van der Waals surface area contributed by atoms with E-state index in [-0.39, 0.29) is 11.5 Å². The number of hydrogen-bond acceptors (Lipinski definition) is 4. The van der Waals surface area contributed by atoms with E-state index in [0.717, 1.165) is 35.3 Å². The van der Waals surface area contributed by atoms with Gasteiger partial charge >= 0.3 is 0 Å². The number of pyridine rings is 1. The number of nitrogens with zero attached hydrogens (tertiary/aromatic N) is 4. The molecule has 0 bridgehead atoms. The Bertz CT molecular complexity index is 1340. The third-order valence-corrected chi connectivity index (χ3v) is 5.72. The summed E-state index contributed by atoms with van der Waals surface area (Å²) in [4.78, 5) is 30.4. The van der Waals surface area contributed by atoms with Gasteiger partial charge in [0.15, 0.2) is 0 Å². The van der Waals surface area contributed by atoms with Crippen molar-refractivity contribution in [2.75, 3.05) is 5.32 Å². The average molecular weight is 413 g/mol. The number of benzene rings is 1. The lowest BCUT2D eigenvalue weighted by atomic mass is 10.1. The number of aromatic nitrogens is 4. The highest BCUT2D eigenvalue weighted by atomic mass is 16.2. The van der Waals surface area contributed by atoms with Crippen LogP contribution in [-0.4, -0.2) is 25.1 Å². The Morgan fingerprint density at radius 2 is 1.87 bits per heavy atom. The van der Waals surface area contributed by atoms with Gasteiger partial charge in [0.2, 0.25) is 5.91 Å². The van der Waals surface area contributed by atoms with Crippen LogP contribution in [0.3, 0.4) is 0 Å². The lowest BCUT2D eigenvalue weighted by Crippen LogP contribution is -2.33. The summed E-state index contributed by atoms with van der Waals surface area (Å²) < 4.78 is 3.15. The van der Waals surface area contributed by atoms with Crippen molar-refractivity contribution < 1.29 is 4.79 Å².